The second kappa shape index (κ2) is 5.10. The van der Waals surface area contributed by atoms with Gasteiger partial charge in [-0.15, -0.1) is 0 Å². The normalized spacial score (nSPS) is 12.5. The zero-order chi connectivity index (χ0) is 14.0. The number of nitrogens with one attached hydrogen (secondary N) is 1. The highest BCUT2D eigenvalue weighted by molar-refractivity contribution is 7.90. The summed E-state index contributed by atoms with van der Waals surface area (Å²) in [4.78, 5) is 12.1. The van der Waals surface area contributed by atoms with Crippen molar-refractivity contribution in [2.75, 3.05) is 0 Å². The maximum Gasteiger partial charge on any atom is 0.264 e. The van der Waals surface area contributed by atoms with Gasteiger partial charge in [0.1, 0.15) is 0 Å². The molecule has 0 aliphatic rings. The molecule has 100 valence electrons. The van der Waals surface area contributed by atoms with Gasteiger partial charge in [0.15, 0.2) is 0 Å². The minimum absolute atomic E-state index is 0.0449. The fourth-order valence-corrected chi connectivity index (χ4v) is 2.31. The van der Waals surface area contributed by atoms with Gasteiger partial charge in [-0.1, -0.05) is 45.9 Å². The molecule has 0 aliphatic carbocycles. The number of hydrogen-bond acceptors (Lipinski definition) is 3. The average molecular weight is 269 g/mol. The molecule has 0 radical (unpaired) electrons. The van der Waals surface area contributed by atoms with Gasteiger partial charge >= 0.3 is 0 Å². The largest absolute Gasteiger partial charge is 0.273 e. The fraction of sp³-hybridized carbons (Fsp3) is 0.462. The van der Waals surface area contributed by atoms with Crippen molar-refractivity contribution >= 4 is 15.9 Å². The third kappa shape index (κ3) is 3.10. The lowest BCUT2D eigenvalue weighted by atomic mass is 9.81. The molecule has 4 nitrogen and oxygen atoms in total. The number of carbonyl (C=O) groups excluding carboxylic acids is 1. The van der Waals surface area contributed by atoms with Crippen molar-refractivity contribution < 1.29 is 13.2 Å². The Morgan fingerprint density at radius 1 is 1.17 bits per heavy atom. The molecule has 0 atom stereocenters. The van der Waals surface area contributed by atoms with Gasteiger partial charge < -0.3 is 0 Å². The first-order valence-electron chi connectivity index (χ1n) is 5.80. The van der Waals surface area contributed by atoms with Crippen LogP contribution < -0.4 is 4.72 Å². The predicted octanol–water partition coefficient (Wildman–Crippen LogP) is 2.17. The zero-order valence-corrected chi connectivity index (χ0v) is 11.9. The maximum absolute atomic E-state index is 12.0. The van der Waals surface area contributed by atoms with Gasteiger partial charge in [-0.25, -0.2) is 13.1 Å². The van der Waals surface area contributed by atoms with E-state index < -0.39 is 21.3 Å². The van der Waals surface area contributed by atoms with Gasteiger partial charge in [-0.3, -0.25) is 4.79 Å². The molecular formula is C13H19NO3S. The predicted molar refractivity (Wildman–Crippen MR) is 70.4 cm³/mol. The molecule has 5 heteroatoms. The highest BCUT2D eigenvalue weighted by Crippen LogP contribution is 2.26. The smallest absolute Gasteiger partial charge is 0.264 e. The van der Waals surface area contributed by atoms with E-state index in [1.807, 2.05) is 13.8 Å². The Morgan fingerprint density at radius 2 is 1.67 bits per heavy atom. The minimum atomic E-state index is -3.78. The van der Waals surface area contributed by atoms with Gasteiger partial charge in [0.2, 0.25) is 5.91 Å². The Hall–Kier alpha value is -1.36. The van der Waals surface area contributed by atoms with Crippen molar-refractivity contribution in [1.29, 1.82) is 0 Å². The maximum atomic E-state index is 12.0. The molecule has 0 aromatic heterocycles. The van der Waals surface area contributed by atoms with Gasteiger partial charge in [0, 0.05) is 5.41 Å². The molecule has 0 spiro atoms. The first-order valence-corrected chi connectivity index (χ1v) is 7.28. The number of amides is 1. The van der Waals surface area contributed by atoms with Gasteiger partial charge in [0.05, 0.1) is 4.90 Å². The van der Waals surface area contributed by atoms with Crippen LogP contribution in [0.4, 0.5) is 0 Å². The van der Waals surface area contributed by atoms with Gasteiger partial charge in [0.25, 0.3) is 10.0 Å². The molecule has 1 amide bonds. The highest BCUT2D eigenvalue weighted by Gasteiger charge is 2.34. The van der Waals surface area contributed by atoms with Crippen LogP contribution in [-0.4, -0.2) is 14.3 Å². The van der Waals surface area contributed by atoms with E-state index in [1.165, 1.54) is 12.1 Å². The second-order valence-electron chi connectivity index (χ2n) is 5.12. The third-order valence-electron chi connectivity index (χ3n) is 3.31. The number of carbonyl (C=O) groups is 1. The summed E-state index contributed by atoms with van der Waals surface area (Å²) in [6.45, 7) is 7.23. The summed E-state index contributed by atoms with van der Waals surface area (Å²) in [6.07, 6.45) is 0. The first-order chi connectivity index (χ1) is 8.18. The van der Waals surface area contributed by atoms with E-state index in [0.717, 1.165) is 0 Å². The van der Waals surface area contributed by atoms with E-state index in [-0.39, 0.29) is 10.8 Å². The molecule has 1 aromatic rings. The number of benzene rings is 1. The Bertz CT molecular complexity index is 518. The van der Waals surface area contributed by atoms with Crippen molar-refractivity contribution in [2.45, 2.75) is 32.6 Å². The van der Waals surface area contributed by atoms with E-state index in [0.29, 0.717) is 0 Å². The highest BCUT2D eigenvalue weighted by atomic mass is 32.2. The summed E-state index contributed by atoms with van der Waals surface area (Å²) in [5.41, 5.74) is -0.734. The first kappa shape index (κ1) is 14.7. The van der Waals surface area contributed by atoms with E-state index >= 15 is 0 Å². The number of rotatable bonds is 4. The fourth-order valence-electron chi connectivity index (χ4n) is 1.17. The van der Waals surface area contributed by atoms with Crippen molar-refractivity contribution in [3.8, 4) is 0 Å². The van der Waals surface area contributed by atoms with Crippen LogP contribution in [0.5, 0.6) is 0 Å². The van der Waals surface area contributed by atoms with Crippen molar-refractivity contribution in [2.24, 2.45) is 11.3 Å². The summed E-state index contributed by atoms with van der Waals surface area (Å²) in [5, 5.41) is 0. The Morgan fingerprint density at radius 3 is 2.11 bits per heavy atom. The SMILES string of the molecule is CC(C)C(C)(C)C(=O)NS(=O)(=O)c1ccccc1. The molecule has 1 rings (SSSR count). The number of hydrogen-bond donors (Lipinski definition) is 1. The molecule has 0 unspecified atom stereocenters. The lowest BCUT2D eigenvalue weighted by Gasteiger charge is -2.27. The monoisotopic (exact) mass is 269 g/mol. The minimum Gasteiger partial charge on any atom is -0.273 e. The summed E-state index contributed by atoms with van der Waals surface area (Å²) in [7, 11) is -3.78. The van der Waals surface area contributed by atoms with Crippen LogP contribution in [0.15, 0.2) is 35.2 Å². The summed E-state index contributed by atoms with van der Waals surface area (Å²) >= 11 is 0. The number of sulfonamides is 1. The molecule has 0 aliphatic heterocycles. The molecule has 0 fully saturated rings. The van der Waals surface area contributed by atoms with E-state index in [9.17, 15) is 13.2 Å². The van der Waals surface area contributed by atoms with Crippen LogP contribution in [-0.2, 0) is 14.8 Å². The molecule has 18 heavy (non-hydrogen) atoms. The molecular weight excluding hydrogens is 250 g/mol. The Balaban J connectivity index is 2.96. The Labute approximate surface area is 108 Å². The molecule has 0 saturated heterocycles. The summed E-state index contributed by atoms with van der Waals surface area (Å²) < 4.78 is 26.1. The lowest BCUT2D eigenvalue weighted by molar-refractivity contribution is -0.129. The van der Waals surface area contributed by atoms with Crippen LogP contribution >= 0.6 is 0 Å². The van der Waals surface area contributed by atoms with Crippen LogP contribution in [0.3, 0.4) is 0 Å². The van der Waals surface area contributed by atoms with Crippen molar-refractivity contribution in [3.63, 3.8) is 0 Å². The van der Waals surface area contributed by atoms with Crippen LogP contribution in [0.1, 0.15) is 27.7 Å². The van der Waals surface area contributed by atoms with Gasteiger partial charge in [-0.2, -0.15) is 0 Å². The quantitative estimate of drug-likeness (QED) is 0.911. The van der Waals surface area contributed by atoms with Gasteiger partial charge in [-0.05, 0) is 18.1 Å². The molecule has 1 N–H and O–H groups in total. The van der Waals surface area contributed by atoms with E-state index in [1.54, 1.807) is 32.0 Å². The Kier molecular flexibility index (Phi) is 4.16. The van der Waals surface area contributed by atoms with E-state index in [2.05, 4.69) is 4.72 Å². The second-order valence-corrected chi connectivity index (χ2v) is 6.81. The topological polar surface area (TPSA) is 63.2 Å². The molecule has 0 saturated carbocycles. The standard InChI is InChI=1S/C13H19NO3S/c1-10(2)13(3,4)12(15)14-18(16,17)11-8-6-5-7-9-11/h5-10H,1-4H3,(H,14,15). The molecule has 0 bridgehead atoms. The lowest BCUT2D eigenvalue weighted by Crippen LogP contribution is -2.43. The molecule has 0 heterocycles. The summed E-state index contributed by atoms with van der Waals surface area (Å²) in [5.74, 6) is -0.440. The van der Waals surface area contributed by atoms with Crippen molar-refractivity contribution in [3.05, 3.63) is 30.3 Å². The van der Waals surface area contributed by atoms with Crippen LogP contribution in [0, 0.1) is 11.3 Å². The van der Waals surface area contributed by atoms with Crippen LogP contribution in [0.2, 0.25) is 0 Å². The van der Waals surface area contributed by atoms with Crippen LogP contribution in [0.25, 0.3) is 0 Å². The van der Waals surface area contributed by atoms with Crippen molar-refractivity contribution in [1.82, 2.24) is 4.72 Å². The summed E-state index contributed by atoms with van der Waals surface area (Å²) in [6, 6.07) is 7.87. The molecule has 1 aromatic carbocycles. The average Bonchev–Trinajstić information content (AvgIpc) is 2.29. The zero-order valence-electron chi connectivity index (χ0n) is 11.1. The third-order valence-corrected chi connectivity index (χ3v) is 4.66. The van der Waals surface area contributed by atoms with E-state index in [4.69, 9.17) is 0 Å².